The Morgan fingerprint density at radius 2 is 2.23 bits per heavy atom. The van der Waals surface area contributed by atoms with Gasteiger partial charge >= 0.3 is 0 Å². The first kappa shape index (κ1) is 20.5. The molecule has 2 fully saturated rings. The molecule has 0 radical (unpaired) electrons. The number of carbonyl (C=O) groups excluding carboxylic acids is 2. The Morgan fingerprint density at radius 3 is 3.03 bits per heavy atom. The molecule has 0 spiro atoms. The van der Waals surface area contributed by atoms with E-state index in [1.165, 1.54) is 12.1 Å². The molecule has 2 aromatic rings. The maximum atomic E-state index is 13.5. The van der Waals surface area contributed by atoms with Crippen molar-refractivity contribution in [1.29, 1.82) is 0 Å². The van der Waals surface area contributed by atoms with Gasteiger partial charge in [-0.3, -0.25) is 9.59 Å². The van der Waals surface area contributed by atoms with Crippen LogP contribution in [0.15, 0.2) is 28.8 Å². The van der Waals surface area contributed by atoms with Gasteiger partial charge in [0.1, 0.15) is 5.82 Å². The van der Waals surface area contributed by atoms with E-state index in [1.807, 2.05) is 0 Å². The standard InChI is InChI=1S/C21H25FN4O4/c1-29-9-8-25-13-16(11-18(25)27)21(28)26-7-3-5-15(12-26)20-23-19(24-30-20)14-4-2-6-17(22)10-14/h2,4,6,10,15-16H,3,5,7-9,11-13H2,1H3. The lowest BCUT2D eigenvalue weighted by Gasteiger charge is -2.32. The highest BCUT2D eigenvalue weighted by molar-refractivity contribution is 5.89. The normalized spacial score (nSPS) is 22.0. The van der Waals surface area contributed by atoms with Crippen molar-refractivity contribution in [2.45, 2.75) is 25.2 Å². The summed E-state index contributed by atoms with van der Waals surface area (Å²) in [5.41, 5.74) is 0.550. The van der Waals surface area contributed by atoms with Gasteiger partial charge in [0.15, 0.2) is 0 Å². The molecule has 1 aromatic heterocycles. The number of benzene rings is 1. The number of aromatic nitrogens is 2. The first-order valence-corrected chi connectivity index (χ1v) is 10.2. The van der Waals surface area contributed by atoms with Crippen LogP contribution in [0.3, 0.4) is 0 Å². The van der Waals surface area contributed by atoms with E-state index in [0.29, 0.717) is 50.1 Å². The summed E-state index contributed by atoms with van der Waals surface area (Å²) in [6.45, 7) is 2.54. The molecule has 3 heterocycles. The molecule has 8 nitrogen and oxygen atoms in total. The molecule has 160 valence electrons. The highest BCUT2D eigenvalue weighted by Gasteiger charge is 2.38. The lowest BCUT2D eigenvalue weighted by atomic mass is 9.96. The van der Waals surface area contributed by atoms with E-state index in [0.717, 1.165) is 12.8 Å². The number of halogens is 1. The molecule has 0 bridgehead atoms. The van der Waals surface area contributed by atoms with Gasteiger partial charge in [-0.25, -0.2) is 4.39 Å². The van der Waals surface area contributed by atoms with Crippen molar-refractivity contribution in [3.8, 4) is 11.4 Å². The number of ether oxygens (including phenoxy) is 1. The van der Waals surface area contributed by atoms with Crippen molar-refractivity contribution >= 4 is 11.8 Å². The number of piperidine rings is 1. The summed E-state index contributed by atoms with van der Waals surface area (Å²) >= 11 is 0. The molecule has 9 heteroatoms. The van der Waals surface area contributed by atoms with E-state index in [-0.39, 0.29) is 35.9 Å². The number of likely N-dealkylation sites (tertiary alicyclic amines) is 2. The van der Waals surface area contributed by atoms with Crippen LogP contribution in [0, 0.1) is 11.7 Å². The van der Waals surface area contributed by atoms with Gasteiger partial charge in [-0.05, 0) is 25.0 Å². The van der Waals surface area contributed by atoms with Crippen molar-refractivity contribution in [1.82, 2.24) is 19.9 Å². The van der Waals surface area contributed by atoms with Crippen LogP contribution < -0.4 is 0 Å². The monoisotopic (exact) mass is 416 g/mol. The van der Waals surface area contributed by atoms with Crippen molar-refractivity contribution in [2.75, 3.05) is 39.9 Å². The second kappa shape index (κ2) is 8.91. The fourth-order valence-corrected chi connectivity index (χ4v) is 4.14. The Hall–Kier alpha value is -2.81. The summed E-state index contributed by atoms with van der Waals surface area (Å²) in [5.74, 6) is 0.0318. The Kier molecular flexibility index (Phi) is 6.08. The lowest BCUT2D eigenvalue weighted by molar-refractivity contribution is -0.137. The SMILES string of the molecule is COCCN1CC(C(=O)N2CCCC(c3nc(-c4cccc(F)c4)no3)C2)CC1=O. The number of methoxy groups -OCH3 is 1. The minimum absolute atomic E-state index is 0.00200. The van der Waals surface area contributed by atoms with Crippen molar-refractivity contribution in [2.24, 2.45) is 5.92 Å². The minimum Gasteiger partial charge on any atom is -0.383 e. The molecular formula is C21H25FN4O4. The van der Waals surface area contributed by atoms with Gasteiger partial charge in [0.25, 0.3) is 0 Å². The van der Waals surface area contributed by atoms with E-state index < -0.39 is 0 Å². The molecular weight excluding hydrogens is 391 g/mol. The van der Waals surface area contributed by atoms with Crippen molar-refractivity contribution in [3.63, 3.8) is 0 Å². The van der Waals surface area contributed by atoms with Crippen molar-refractivity contribution < 1.29 is 23.2 Å². The zero-order valence-electron chi connectivity index (χ0n) is 16.9. The van der Waals surface area contributed by atoms with Gasteiger partial charge in [-0.1, -0.05) is 17.3 Å². The number of rotatable bonds is 6. The molecule has 1 aromatic carbocycles. The highest BCUT2D eigenvalue weighted by atomic mass is 19.1. The minimum atomic E-state index is -0.362. The van der Waals surface area contributed by atoms with Gasteiger partial charge in [-0.2, -0.15) is 4.98 Å². The van der Waals surface area contributed by atoms with Crippen LogP contribution in [-0.2, 0) is 14.3 Å². The third kappa shape index (κ3) is 4.35. The third-order valence-corrected chi connectivity index (χ3v) is 5.74. The predicted molar refractivity (Wildman–Crippen MR) is 105 cm³/mol. The van der Waals surface area contributed by atoms with Crippen LogP contribution in [0.1, 0.15) is 31.1 Å². The molecule has 0 aliphatic carbocycles. The first-order chi connectivity index (χ1) is 14.5. The van der Waals surface area contributed by atoms with Gasteiger partial charge in [0, 0.05) is 45.3 Å². The molecule has 2 atom stereocenters. The quantitative estimate of drug-likeness (QED) is 0.716. The largest absolute Gasteiger partial charge is 0.383 e. The van der Waals surface area contributed by atoms with Gasteiger partial charge in [0.2, 0.25) is 23.5 Å². The highest BCUT2D eigenvalue weighted by Crippen LogP contribution is 2.30. The van der Waals surface area contributed by atoms with Gasteiger partial charge < -0.3 is 19.1 Å². The maximum Gasteiger partial charge on any atom is 0.231 e. The average Bonchev–Trinajstić information content (AvgIpc) is 3.39. The van der Waals surface area contributed by atoms with E-state index in [1.54, 1.807) is 29.0 Å². The van der Waals surface area contributed by atoms with Crippen molar-refractivity contribution in [3.05, 3.63) is 36.0 Å². The fraction of sp³-hybridized carbons (Fsp3) is 0.524. The second-order valence-corrected chi connectivity index (χ2v) is 7.82. The van der Waals surface area contributed by atoms with E-state index in [4.69, 9.17) is 9.26 Å². The smallest absolute Gasteiger partial charge is 0.231 e. The molecule has 0 N–H and O–H groups in total. The Morgan fingerprint density at radius 1 is 1.37 bits per heavy atom. The van der Waals surface area contributed by atoms with Crippen LogP contribution >= 0.6 is 0 Å². The summed E-state index contributed by atoms with van der Waals surface area (Å²) in [7, 11) is 1.59. The molecule has 2 saturated heterocycles. The van der Waals surface area contributed by atoms with Crippen LogP contribution in [0.2, 0.25) is 0 Å². The summed E-state index contributed by atoms with van der Waals surface area (Å²) in [4.78, 5) is 33.1. The molecule has 30 heavy (non-hydrogen) atoms. The second-order valence-electron chi connectivity index (χ2n) is 7.82. The summed E-state index contributed by atoms with van der Waals surface area (Å²) in [6, 6.07) is 6.04. The number of amides is 2. The molecule has 4 rings (SSSR count). The Labute approximate surface area is 174 Å². The van der Waals surface area contributed by atoms with Crippen LogP contribution in [-0.4, -0.2) is 71.7 Å². The van der Waals surface area contributed by atoms with E-state index >= 15 is 0 Å². The maximum absolute atomic E-state index is 13.5. The summed E-state index contributed by atoms with van der Waals surface area (Å²) in [6.07, 6.45) is 1.90. The van der Waals surface area contributed by atoms with Gasteiger partial charge in [0.05, 0.1) is 18.4 Å². The average molecular weight is 416 g/mol. The number of carbonyl (C=O) groups is 2. The van der Waals surface area contributed by atoms with Gasteiger partial charge in [-0.15, -0.1) is 0 Å². The van der Waals surface area contributed by atoms with Crippen LogP contribution in [0.5, 0.6) is 0 Å². The fourth-order valence-electron chi connectivity index (χ4n) is 4.14. The molecule has 2 aliphatic rings. The number of hydrogen-bond acceptors (Lipinski definition) is 6. The van der Waals surface area contributed by atoms with E-state index in [2.05, 4.69) is 10.1 Å². The molecule has 2 aliphatic heterocycles. The molecule has 2 unspecified atom stereocenters. The zero-order chi connectivity index (χ0) is 21.1. The Balaban J connectivity index is 1.40. The zero-order valence-corrected chi connectivity index (χ0v) is 16.9. The predicted octanol–water partition coefficient (Wildman–Crippen LogP) is 2.08. The number of hydrogen-bond donors (Lipinski definition) is 0. The topological polar surface area (TPSA) is 88.8 Å². The van der Waals surface area contributed by atoms with Crippen LogP contribution in [0.4, 0.5) is 4.39 Å². The molecule has 0 saturated carbocycles. The Bertz CT molecular complexity index is 918. The van der Waals surface area contributed by atoms with Crippen LogP contribution in [0.25, 0.3) is 11.4 Å². The summed E-state index contributed by atoms with van der Waals surface area (Å²) in [5, 5.41) is 3.98. The third-order valence-electron chi connectivity index (χ3n) is 5.74. The first-order valence-electron chi connectivity index (χ1n) is 10.2. The number of nitrogens with zero attached hydrogens (tertiary/aromatic N) is 4. The van der Waals surface area contributed by atoms with E-state index in [9.17, 15) is 14.0 Å². The lowest BCUT2D eigenvalue weighted by Crippen LogP contribution is -2.43. The summed E-state index contributed by atoms with van der Waals surface area (Å²) < 4.78 is 23.9. The molecule has 2 amide bonds.